The van der Waals surface area contributed by atoms with Crippen molar-refractivity contribution in [3.8, 4) is 0 Å². The summed E-state index contributed by atoms with van der Waals surface area (Å²) >= 11 is 0. The van der Waals surface area contributed by atoms with Crippen LogP contribution in [0.3, 0.4) is 0 Å². The van der Waals surface area contributed by atoms with Crippen LogP contribution in [0.5, 0.6) is 0 Å². The van der Waals surface area contributed by atoms with E-state index in [4.69, 9.17) is 47.4 Å². The normalized spacial score (nSPS) is 19.7. The van der Waals surface area contributed by atoms with Crippen LogP contribution in [-0.2, 0) is 95.3 Å². The lowest BCUT2D eigenvalue weighted by atomic mass is 9.56. The second-order valence-electron chi connectivity index (χ2n) is 33.6. The van der Waals surface area contributed by atoms with E-state index in [0.717, 1.165) is 0 Å². The first-order chi connectivity index (χ1) is 51.4. The Kier molecular flexibility index (Phi) is 46.1. The molecule has 0 aliphatic rings. The first kappa shape index (κ1) is 105. The number of aliphatic hydroxyl groups is 10. The highest BCUT2D eigenvalue weighted by Crippen LogP contribution is 2.57. The maximum absolute atomic E-state index is 15.9. The third kappa shape index (κ3) is 34.3. The third-order valence-corrected chi connectivity index (χ3v) is 21.4. The minimum atomic E-state index is -2.40. The summed E-state index contributed by atoms with van der Waals surface area (Å²) < 4.78 is 58.3. The minimum Gasteiger partial charge on any atom is -0.463 e. The van der Waals surface area contributed by atoms with Gasteiger partial charge in [-0.25, -0.2) is 0 Å². The lowest BCUT2D eigenvalue weighted by Crippen LogP contribution is -2.52. The van der Waals surface area contributed by atoms with Crippen LogP contribution in [0.15, 0.2) is 0 Å². The zero-order valence-electron chi connectivity index (χ0n) is 70.7. The number of aliphatic hydroxyl groups excluding tert-OH is 10. The van der Waals surface area contributed by atoms with Gasteiger partial charge in [0.1, 0.15) is 66.1 Å². The Bertz CT molecular complexity index is 2880. The number of hydrogen-bond acceptors (Lipinski definition) is 30. The number of carbonyl (C=O) groups excluding carboxylic acids is 10. The fourth-order valence-electron chi connectivity index (χ4n) is 14.3. The molecule has 0 fully saturated rings. The van der Waals surface area contributed by atoms with Crippen LogP contribution >= 0.6 is 0 Å². The summed E-state index contributed by atoms with van der Waals surface area (Å²) in [4.78, 5) is 153. The van der Waals surface area contributed by atoms with Crippen molar-refractivity contribution in [3.63, 3.8) is 0 Å². The predicted molar refractivity (Wildman–Crippen MR) is 407 cm³/mol. The highest BCUT2D eigenvalue weighted by molar-refractivity contribution is 5.88. The Morgan fingerprint density at radius 3 is 0.495 bits per heavy atom. The number of ether oxygens (including phenoxy) is 10. The standard InChI is InChI=1S/C81H144O30/c1-22-53(82)34-102-63(92)52(12)33-74(14,65(94)104-36-55(84)24-3)45-76(16,67(96)106-38-57(86)26-5)47-78(18,69(98)108-40-59(88)28-7)49-80(20,71(100)110-42-61(90)30-9)51-81(21,72(101)111-43-62(91)31-10)50-79(19,70(99)109-41-60(89)29-8)48-77(17,68(97)107-39-58(87)27-6)46-75(15,66(95)105-37-56(85)25-4)44-73(13,32-11)64(93)103-35-54(83)23-2/h52-62,82-91H,22-51H2,1-21H3. The van der Waals surface area contributed by atoms with Gasteiger partial charge in [-0.2, -0.15) is 0 Å². The Morgan fingerprint density at radius 2 is 0.342 bits per heavy atom. The van der Waals surface area contributed by atoms with Crippen molar-refractivity contribution >= 4 is 59.7 Å². The molecule has 0 saturated heterocycles. The molecule has 0 aliphatic carbocycles. The van der Waals surface area contributed by atoms with E-state index in [1.54, 1.807) is 76.2 Å². The summed E-state index contributed by atoms with van der Waals surface area (Å²) in [6, 6.07) is 0. The van der Waals surface area contributed by atoms with Crippen LogP contribution < -0.4 is 0 Å². The second kappa shape index (κ2) is 48.6. The fourth-order valence-corrected chi connectivity index (χ4v) is 14.3. The summed E-state index contributed by atoms with van der Waals surface area (Å²) in [6.45, 7) is 25.1. The van der Waals surface area contributed by atoms with Crippen LogP contribution in [0, 0.1) is 54.7 Å². The predicted octanol–water partition coefficient (Wildman–Crippen LogP) is 7.74. The third-order valence-electron chi connectivity index (χ3n) is 21.4. The first-order valence-electron chi connectivity index (χ1n) is 39.9. The van der Waals surface area contributed by atoms with Crippen LogP contribution in [0.2, 0.25) is 0 Å². The van der Waals surface area contributed by atoms with Gasteiger partial charge in [0.05, 0.1) is 116 Å². The zero-order valence-corrected chi connectivity index (χ0v) is 70.7. The Morgan fingerprint density at radius 1 is 0.216 bits per heavy atom. The van der Waals surface area contributed by atoms with Gasteiger partial charge in [-0.05, 0) is 191 Å². The van der Waals surface area contributed by atoms with E-state index in [0.29, 0.717) is 0 Å². The van der Waals surface area contributed by atoms with E-state index in [2.05, 4.69) is 0 Å². The summed E-state index contributed by atoms with van der Waals surface area (Å²) in [5.41, 5.74) is -19.6. The maximum atomic E-state index is 15.9. The molecule has 0 spiro atoms. The zero-order chi connectivity index (χ0) is 85.9. The highest BCUT2D eigenvalue weighted by atomic mass is 16.6. The molecule has 111 heavy (non-hydrogen) atoms. The van der Waals surface area contributed by atoms with Crippen molar-refractivity contribution in [2.75, 3.05) is 66.1 Å². The monoisotopic (exact) mass is 1600 g/mol. The van der Waals surface area contributed by atoms with Gasteiger partial charge in [0.2, 0.25) is 0 Å². The van der Waals surface area contributed by atoms with E-state index in [1.165, 1.54) is 69.2 Å². The minimum absolute atomic E-state index is 0.0136. The Balaban J connectivity index is 10.1. The number of rotatable bonds is 59. The van der Waals surface area contributed by atoms with E-state index in [9.17, 15) is 65.4 Å². The summed E-state index contributed by atoms with van der Waals surface area (Å²) in [5.74, 6) is -12.2. The van der Waals surface area contributed by atoms with Crippen LogP contribution in [0.4, 0.5) is 0 Å². The molecule has 0 aromatic rings. The smallest absolute Gasteiger partial charge is 0.311 e. The molecule has 648 valence electrons. The molecule has 0 bridgehead atoms. The van der Waals surface area contributed by atoms with Crippen LogP contribution in [0.25, 0.3) is 0 Å². The number of hydrogen-bond donors (Lipinski definition) is 10. The van der Waals surface area contributed by atoms with Crippen molar-refractivity contribution in [2.45, 2.75) is 335 Å². The average Bonchev–Trinajstić information content (AvgIpc) is 0.752. The lowest BCUT2D eigenvalue weighted by Gasteiger charge is -2.47. The molecular weight excluding hydrogens is 1450 g/mol. The topological polar surface area (TPSA) is 465 Å². The maximum Gasteiger partial charge on any atom is 0.311 e. The molecule has 0 aliphatic heterocycles. The molecule has 0 aromatic carbocycles. The summed E-state index contributed by atoms with van der Waals surface area (Å²) in [7, 11) is 0. The Hall–Kier alpha value is -5.70. The number of carbonyl (C=O) groups is 10. The van der Waals surface area contributed by atoms with Gasteiger partial charge in [0.15, 0.2) is 0 Å². The van der Waals surface area contributed by atoms with Crippen LogP contribution in [0.1, 0.15) is 274 Å². The van der Waals surface area contributed by atoms with E-state index < -0.39 is 299 Å². The second-order valence-corrected chi connectivity index (χ2v) is 33.6. The molecule has 0 radical (unpaired) electrons. The van der Waals surface area contributed by atoms with Crippen LogP contribution in [-0.4, -0.2) is 238 Å². The average molecular weight is 1600 g/mol. The summed E-state index contributed by atoms with van der Waals surface area (Å²) in [6.07, 6.45) is -18.0. The molecule has 20 atom stereocenters. The van der Waals surface area contributed by atoms with Crippen molar-refractivity contribution in [2.24, 2.45) is 54.7 Å². The molecule has 30 nitrogen and oxygen atoms in total. The van der Waals surface area contributed by atoms with Gasteiger partial charge < -0.3 is 98.4 Å². The molecule has 0 saturated carbocycles. The van der Waals surface area contributed by atoms with Crippen molar-refractivity contribution in [1.82, 2.24) is 0 Å². The molecule has 30 heteroatoms. The van der Waals surface area contributed by atoms with Crippen molar-refractivity contribution < 1.29 is 146 Å². The molecular formula is C81H144O30. The van der Waals surface area contributed by atoms with Crippen molar-refractivity contribution in [1.29, 1.82) is 0 Å². The molecule has 0 rings (SSSR count). The highest BCUT2D eigenvalue weighted by Gasteiger charge is 2.61. The van der Waals surface area contributed by atoms with Gasteiger partial charge in [0.25, 0.3) is 0 Å². The van der Waals surface area contributed by atoms with E-state index >= 15 is 33.6 Å². The van der Waals surface area contributed by atoms with E-state index in [-0.39, 0.29) is 70.6 Å². The van der Waals surface area contributed by atoms with Gasteiger partial charge in [-0.1, -0.05) is 83.1 Å². The van der Waals surface area contributed by atoms with Gasteiger partial charge in [-0.15, -0.1) is 0 Å². The molecule has 0 amide bonds. The fraction of sp³-hybridized carbons (Fsp3) is 0.877. The van der Waals surface area contributed by atoms with Gasteiger partial charge in [0, 0.05) is 0 Å². The molecule has 0 aromatic heterocycles. The largest absolute Gasteiger partial charge is 0.463 e. The SMILES string of the molecule is CCC(O)COC(=O)C(C)CC(C)(CC(C)(CC(C)(CC(C)(CC(C)(CC(C)(CC(C)(CC(C)(CC(C)(CC)C(=O)OCC(O)CC)C(=O)OCC(O)CC)C(=O)OCC(O)CC)C(=O)OCC(O)CC)C(=O)OCC(O)CC)C(=O)OCC(O)CC)C(=O)OCC(O)CC)C(=O)OCC(O)CC)C(=O)OCC(O)CC. The quantitative estimate of drug-likeness (QED) is 0.0205. The first-order valence-corrected chi connectivity index (χ1v) is 39.9. The molecule has 20 unspecified atom stereocenters. The molecule has 10 N–H and O–H groups in total. The lowest BCUT2D eigenvalue weighted by molar-refractivity contribution is -0.180. The van der Waals surface area contributed by atoms with Gasteiger partial charge >= 0.3 is 59.7 Å². The van der Waals surface area contributed by atoms with Gasteiger partial charge in [-0.3, -0.25) is 47.9 Å². The Labute approximate surface area is 659 Å². The molecule has 0 heterocycles. The van der Waals surface area contributed by atoms with Crippen molar-refractivity contribution in [3.05, 3.63) is 0 Å². The number of esters is 10. The van der Waals surface area contributed by atoms with E-state index in [1.807, 2.05) is 0 Å². The summed E-state index contributed by atoms with van der Waals surface area (Å²) in [5, 5.41) is 108.